The molecule has 0 spiro atoms. The van der Waals surface area contributed by atoms with E-state index in [1.165, 1.54) is 5.56 Å². The number of rotatable bonds is 5. The SMILES string of the molecule is Cc1oc(C)c(C(=O)NCc2ccc(CN3CC(C)OC(C)C3)cc2)c1C. The van der Waals surface area contributed by atoms with E-state index in [2.05, 4.69) is 48.3 Å². The zero-order valence-corrected chi connectivity index (χ0v) is 17.0. The molecule has 0 aliphatic carbocycles. The highest BCUT2D eigenvalue weighted by Crippen LogP contribution is 2.20. The van der Waals surface area contributed by atoms with Gasteiger partial charge in [-0.1, -0.05) is 24.3 Å². The Balaban J connectivity index is 1.55. The Kier molecular flexibility index (Phi) is 6.02. The number of ether oxygens (including phenoxy) is 1. The number of carbonyl (C=O) groups excluding carboxylic acids is 1. The molecule has 2 atom stereocenters. The van der Waals surface area contributed by atoms with Crippen molar-refractivity contribution in [3.63, 3.8) is 0 Å². The fourth-order valence-corrected chi connectivity index (χ4v) is 3.83. The zero-order valence-electron chi connectivity index (χ0n) is 17.0. The van der Waals surface area contributed by atoms with Gasteiger partial charge in [-0.15, -0.1) is 0 Å². The maximum atomic E-state index is 12.5. The van der Waals surface area contributed by atoms with E-state index in [4.69, 9.17) is 9.15 Å². The van der Waals surface area contributed by atoms with E-state index in [0.29, 0.717) is 17.9 Å². The molecule has 27 heavy (non-hydrogen) atoms. The Morgan fingerprint density at radius 1 is 1.04 bits per heavy atom. The van der Waals surface area contributed by atoms with Crippen molar-refractivity contribution in [1.82, 2.24) is 10.2 Å². The van der Waals surface area contributed by atoms with Crippen LogP contribution in [-0.2, 0) is 17.8 Å². The van der Waals surface area contributed by atoms with Crippen LogP contribution in [0.2, 0.25) is 0 Å². The average molecular weight is 370 g/mol. The van der Waals surface area contributed by atoms with E-state index >= 15 is 0 Å². The molecule has 1 aliphatic rings. The van der Waals surface area contributed by atoms with Gasteiger partial charge in [0.05, 0.1) is 17.8 Å². The second kappa shape index (κ2) is 8.28. The van der Waals surface area contributed by atoms with Crippen LogP contribution in [0.25, 0.3) is 0 Å². The Bertz CT molecular complexity index is 785. The van der Waals surface area contributed by atoms with E-state index in [1.807, 2.05) is 20.8 Å². The number of nitrogens with one attached hydrogen (secondary N) is 1. The molecule has 3 rings (SSSR count). The molecular formula is C22H30N2O3. The minimum Gasteiger partial charge on any atom is -0.466 e. The van der Waals surface area contributed by atoms with E-state index < -0.39 is 0 Å². The predicted molar refractivity (Wildman–Crippen MR) is 106 cm³/mol. The van der Waals surface area contributed by atoms with Gasteiger partial charge >= 0.3 is 0 Å². The summed E-state index contributed by atoms with van der Waals surface area (Å²) in [5, 5.41) is 3.00. The highest BCUT2D eigenvalue weighted by Gasteiger charge is 2.22. The van der Waals surface area contributed by atoms with Gasteiger partial charge in [0.2, 0.25) is 0 Å². The number of morpholine rings is 1. The van der Waals surface area contributed by atoms with E-state index in [9.17, 15) is 4.79 Å². The third-order valence-corrected chi connectivity index (χ3v) is 5.17. The molecule has 0 bridgehead atoms. The van der Waals surface area contributed by atoms with Gasteiger partial charge in [-0.05, 0) is 45.7 Å². The molecule has 0 saturated carbocycles. The van der Waals surface area contributed by atoms with Crippen LogP contribution in [0.15, 0.2) is 28.7 Å². The minimum absolute atomic E-state index is 0.0813. The summed E-state index contributed by atoms with van der Waals surface area (Å²) < 4.78 is 11.3. The first-order valence-corrected chi connectivity index (χ1v) is 9.64. The van der Waals surface area contributed by atoms with Gasteiger partial charge in [-0.25, -0.2) is 0 Å². The lowest BCUT2D eigenvalue weighted by Crippen LogP contribution is -2.44. The number of carbonyl (C=O) groups is 1. The third-order valence-electron chi connectivity index (χ3n) is 5.17. The molecule has 1 fully saturated rings. The first-order chi connectivity index (χ1) is 12.8. The number of amides is 1. The lowest BCUT2D eigenvalue weighted by molar-refractivity contribution is -0.0704. The first kappa shape index (κ1) is 19.6. The number of benzene rings is 1. The van der Waals surface area contributed by atoms with Crippen LogP contribution in [0.5, 0.6) is 0 Å². The Morgan fingerprint density at radius 2 is 1.63 bits per heavy atom. The molecule has 5 nitrogen and oxygen atoms in total. The summed E-state index contributed by atoms with van der Waals surface area (Å²) in [5.41, 5.74) is 3.93. The van der Waals surface area contributed by atoms with Gasteiger partial charge in [0, 0.05) is 31.7 Å². The molecule has 1 amide bonds. The largest absolute Gasteiger partial charge is 0.466 e. The molecule has 1 aliphatic heterocycles. The van der Waals surface area contributed by atoms with E-state index in [0.717, 1.165) is 36.5 Å². The molecular weight excluding hydrogens is 340 g/mol. The van der Waals surface area contributed by atoms with Crippen molar-refractivity contribution >= 4 is 5.91 Å². The summed E-state index contributed by atoms with van der Waals surface area (Å²) in [6.45, 7) is 13.2. The molecule has 1 aromatic carbocycles. The second-order valence-corrected chi connectivity index (χ2v) is 7.67. The maximum Gasteiger partial charge on any atom is 0.255 e. The van der Waals surface area contributed by atoms with Crippen molar-refractivity contribution < 1.29 is 13.9 Å². The molecule has 2 aromatic rings. The smallest absolute Gasteiger partial charge is 0.255 e. The topological polar surface area (TPSA) is 54.7 Å². The van der Waals surface area contributed by atoms with Gasteiger partial charge in [0.25, 0.3) is 5.91 Å². The highest BCUT2D eigenvalue weighted by molar-refractivity contribution is 5.96. The Hall–Kier alpha value is -2.11. The quantitative estimate of drug-likeness (QED) is 0.871. The Morgan fingerprint density at radius 3 is 2.19 bits per heavy atom. The van der Waals surface area contributed by atoms with Crippen LogP contribution in [0.1, 0.15) is 52.4 Å². The number of aryl methyl sites for hydroxylation is 2. The van der Waals surface area contributed by atoms with Crippen LogP contribution < -0.4 is 5.32 Å². The number of hydrogen-bond donors (Lipinski definition) is 1. The van der Waals surface area contributed by atoms with E-state index in [-0.39, 0.29) is 18.1 Å². The van der Waals surface area contributed by atoms with Crippen molar-refractivity contribution in [2.24, 2.45) is 0 Å². The molecule has 2 heterocycles. The van der Waals surface area contributed by atoms with Gasteiger partial charge < -0.3 is 14.5 Å². The maximum absolute atomic E-state index is 12.5. The summed E-state index contributed by atoms with van der Waals surface area (Å²) in [4.78, 5) is 14.9. The van der Waals surface area contributed by atoms with Crippen molar-refractivity contribution in [2.45, 2.75) is 59.9 Å². The fourth-order valence-electron chi connectivity index (χ4n) is 3.83. The predicted octanol–water partition coefficient (Wildman–Crippen LogP) is 3.74. The lowest BCUT2D eigenvalue weighted by atomic mass is 10.1. The minimum atomic E-state index is -0.0813. The summed E-state index contributed by atoms with van der Waals surface area (Å²) in [5.74, 6) is 1.39. The number of hydrogen-bond acceptors (Lipinski definition) is 4. The average Bonchev–Trinajstić information content (AvgIpc) is 2.85. The van der Waals surface area contributed by atoms with Crippen LogP contribution in [0.4, 0.5) is 0 Å². The van der Waals surface area contributed by atoms with Crippen molar-refractivity contribution in [2.75, 3.05) is 13.1 Å². The lowest BCUT2D eigenvalue weighted by Gasteiger charge is -2.35. The normalized spacial score (nSPS) is 20.6. The summed E-state index contributed by atoms with van der Waals surface area (Å²) in [7, 11) is 0. The monoisotopic (exact) mass is 370 g/mol. The molecule has 2 unspecified atom stereocenters. The summed E-state index contributed by atoms with van der Waals surface area (Å²) >= 11 is 0. The van der Waals surface area contributed by atoms with Gasteiger partial charge in [-0.2, -0.15) is 0 Å². The molecule has 1 saturated heterocycles. The van der Waals surface area contributed by atoms with Crippen molar-refractivity contribution in [3.05, 3.63) is 58.0 Å². The molecule has 1 N–H and O–H groups in total. The van der Waals surface area contributed by atoms with Crippen molar-refractivity contribution in [1.29, 1.82) is 0 Å². The first-order valence-electron chi connectivity index (χ1n) is 9.64. The molecule has 0 radical (unpaired) electrons. The van der Waals surface area contributed by atoms with Crippen LogP contribution >= 0.6 is 0 Å². The summed E-state index contributed by atoms with van der Waals surface area (Å²) in [6.07, 6.45) is 0.559. The van der Waals surface area contributed by atoms with Crippen LogP contribution in [-0.4, -0.2) is 36.1 Å². The fraction of sp³-hybridized carbons (Fsp3) is 0.500. The van der Waals surface area contributed by atoms with Gasteiger partial charge in [0.15, 0.2) is 0 Å². The van der Waals surface area contributed by atoms with Gasteiger partial charge in [-0.3, -0.25) is 9.69 Å². The second-order valence-electron chi connectivity index (χ2n) is 7.67. The van der Waals surface area contributed by atoms with Gasteiger partial charge in [0.1, 0.15) is 11.5 Å². The highest BCUT2D eigenvalue weighted by atomic mass is 16.5. The van der Waals surface area contributed by atoms with Crippen LogP contribution in [0, 0.1) is 20.8 Å². The standard InChI is InChI=1S/C22H30N2O3/c1-14-11-24(12-15(2)26-14)13-20-8-6-19(7-9-20)10-23-22(25)21-16(3)17(4)27-18(21)5/h6-9,14-15H,10-13H2,1-5H3,(H,23,25). The van der Waals surface area contributed by atoms with E-state index in [1.54, 1.807) is 0 Å². The number of furan rings is 1. The molecule has 1 aromatic heterocycles. The summed E-state index contributed by atoms with van der Waals surface area (Å²) in [6, 6.07) is 8.46. The van der Waals surface area contributed by atoms with Crippen molar-refractivity contribution in [3.8, 4) is 0 Å². The zero-order chi connectivity index (χ0) is 19.6. The Labute approximate surface area is 161 Å². The molecule has 146 valence electrons. The number of nitrogens with zero attached hydrogens (tertiary/aromatic N) is 1. The third kappa shape index (κ3) is 4.79. The van der Waals surface area contributed by atoms with Crippen LogP contribution in [0.3, 0.4) is 0 Å². The molecule has 5 heteroatoms.